The smallest absolute Gasteiger partial charge is 0.306 e. The number of carbonyl (C=O) groups is 2. The van der Waals surface area contributed by atoms with E-state index in [1.807, 2.05) is 33.3 Å². The molecule has 0 aromatic heterocycles. The van der Waals surface area contributed by atoms with E-state index in [0.717, 1.165) is 116 Å². The van der Waals surface area contributed by atoms with Crippen LogP contribution in [-0.4, -0.2) is 69.4 Å². The van der Waals surface area contributed by atoms with E-state index in [2.05, 4.69) is 135 Å². The lowest BCUT2D eigenvalue weighted by atomic mass is 10.0. The Morgan fingerprint density at radius 2 is 0.736 bits per heavy atom. The molecule has 0 aliphatic heterocycles. The topological polar surface area (TPSA) is 114 Å². The number of hydrogen-bond donors (Lipinski definition) is 1. The summed E-state index contributed by atoms with van der Waals surface area (Å²) in [6.07, 6.45) is 91.8. The number of esters is 1. The fourth-order valence-corrected chi connectivity index (χ4v) is 10.6. The molecule has 1 N–H and O–H groups in total. The van der Waals surface area contributed by atoms with Gasteiger partial charge >= 0.3 is 5.97 Å². The minimum Gasteiger partial charge on any atom is -0.756 e. The molecule has 500 valence electrons. The molecule has 0 aromatic carbocycles. The van der Waals surface area contributed by atoms with Gasteiger partial charge in [-0.15, -0.1) is 0 Å². The van der Waals surface area contributed by atoms with Gasteiger partial charge in [0.05, 0.1) is 33.8 Å². The van der Waals surface area contributed by atoms with E-state index >= 15 is 0 Å². The van der Waals surface area contributed by atoms with Crippen molar-refractivity contribution < 1.29 is 37.3 Å². The van der Waals surface area contributed by atoms with Crippen LogP contribution in [0.15, 0.2) is 122 Å². The lowest BCUT2D eigenvalue weighted by Crippen LogP contribution is -2.47. The van der Waals surface area contributed by atoms with Gasteiger partial charge in [-0.3, -0.25) is 14.2 Å². The van der Waals surface area contributed by atoms with Crippen LogP contribution in [0.4, 0.5) is 0 Å². The van der Waals surface area contributed by atoms with E-state index < -0.39 is 26.6 Å². The quantitative estimate of drug-likeness (QED) is 0.0212. The van der Waals surface area contributed by atoms with E-state index in [1.54, 1.807) is 0 Å². The minimum atomic E-state index is -4.72. The molecule has 0 saturated heterocycles. The second-order valence-corrected chi connectivity index (χ2v) is 26.4. The Balaban J connectivity index is 5.06. The maximum absolute atomic E-state index is 13.6. The molecular formula is C77H135N2O7P. The maximum Gasteiger partial charge on any atom is 0.306 e. The van der Waals surface area contributed by atoms with Crippen LogP contribution in [0.2, 0.25) is 0 Å². The van der Waals surface area contributed by atoms with E-state index in [1.165, 1.54) is 148 Å². The summed E-state index contributed by atoms with van der Waals surface area (Å²) in [5.74, 6) is -0.572. The fourth-order valence-electron chi connectivity index (χ4n) is 9.89. The summed E-state index contributed by atoms with van der Waals surface area (Å²) >= 11 is 0. The van der Waals surface area contributed by atoms with E-state index in [4.69, 9.17) is 13.8 Å². The summed E-state index contributed by atoms with van der Waals surface area (Å²) in [6.45, 7) is 6.68. The Morgan fingerprint density at radius 1 is 0.414 bits per heavy atom. The first-order valence-electron chi connectivity index (χ1n) is 35.8. The lowest BCUT2D eigenvalue weighted by molar-refractivity contribution is -0.870. The van der Waals surface area contributed by atoms with Gasteiger partial charge in [-0.2, -0.15) is 0 Å². The average molecular weight is 1230 g/mol. The Kier molecular flexibility index (Phi) is 62.7. The zero-order valence-corrected chi connectivity index (χ0v) is 58.1. The molecule has 0 rings (SSSR count). The number of amides is 1. The number of unbranched alkanes of at least 4 members (excludes halogenated alkanes) is 30. The molecule has 0 radical (unpaired) electrons. The number of nitrogens with zero attached hydrogens (tertiary/aromatic N) is 1. The number of allylic oxidation sites excluding steroid dienone is 19. The van der Waals surface area contributed by atoms with Crippen molar-refractivity contribution in [1.29, 1.82) is 0 Å². The molecule has 1 amide bonds. The summed E-state index contributed by atoms with van der Waals surface area (Å²) in [6, 6.07) is -0.911. The standard InChI is InChI=1S/C77H135N2O7P/c1-7-10-13-16-19-22-25-27-29-31-33-35-37-38-39-40-42-44-46-48-50-52-55-58-61-64-67-70-77(81)86-75(68-65-62-59-56-53-24-21-18-15-12-9-3)74(73-85-87(82,83)84-72-71-79(4,5)6)78-76(80)69-66-63-60-57-54-51-49-47-45-43-41-36-34-32-30-28-26-23-20-17-14-11-8-2/h11,14,19-20,22-23,27-30,33-36,43,45,49,51,65,68,74-75H,7-10,12-13,15-18,21,24-26,31-32,37-42,44,46-48,50,52-64,66-67,69-73H2,1-6H3,(H-,78,80,82,83)/b14-11-,22-19-,23-20-,29-27-,30-28-,35-33-,36-34-,45-43-,51-49-,68-65+. The van der Waals surface area contributed by atoms with Crippen molar-refractivity contribution in [2.75, 3.05) is 40.9 Å². The Bertz CT molecular complexity index is 1900. The first-order valence-corrected chi connectivity index (χ1v) is 37.3. The van der Waals surface area contributed by atoms with Crippen LogP contribution < -0.4 is 10.2 Å². The highest BCUT2D eigenvalue weighted by atomic mass is 31.2. The van der Waals surface area contributed by atoms with Gasteiger partial charge in [-0.05, 0) is 122 Å². The number of phosphoric acid groups is 1. The van der Waals surface area contributed by atoms with Crippen LogP contribution >= 0.6 is 7.82 Å². The van der Waals surface area contributed by atoms with Crippen molar-refractivity contribution in [2.24, 2.45) is 0 Å². The van der Waals surface area contributed by atoms with E-state index in [9.17, 15) is 19.0 Å². The third-order valence-corrected chi connectivity index (χ3v) is 16.3. The summed E-state index contributed by atoms with van der Waals surface area (Å²) < 4.78 is 30.4. The van der Waals surface area contributed by atoms with Gasteiger partial charge in [0.25, 0.3) is 7.82 Å². The number of rotatable bonds is 64. The molecule has 3 unspecified atom stereocenters. The summed E-state index contributed by atoms with van der Waals surface area (Å²) in [4.78, 5) is 40.2. The Morgan fingerprint density at radius 3 is 1.13 bits per heavy atom. The summed E-state index contributed by atoms with van der Waals surface area (Å²) in [7, 11) is 1.16. The van der Waals surface area contributed by atoms with Gasteiger partial charge < -0.3 is 28.5 Å². The fraction of sp³-hybridized carbons (Fsp3) is 0.714. The molecule has 0 saturated carbocycles. The zero-order chi connectivity index (χ0) is 63.5. The van der Waals surface area contributed by atoms with Crippen LogP contribution in [0.5, 0.6) is 0 Å². The number of nitrogens with one attached hydrogen (secondary N) is 1. The van der Waals surface area contributed by atoms with Gasteiger partial charge in [0, 0.05) is 12.8 Å². The normalized spacial score (nSPS) is 14.2. The van der Waals surface area contributed by atoms with Crippen molar-refractivity contribution in [1.82, 2.24) is 5.32 Å². The van der Waals surface area contributed by atoms with Gasteiger partial charge in [-0.1, -0.05) is 290 Å². The molecule has 10 heteroatoms. The van der Waals surface area contributed by atoms with Gasteiger partial charge in [0.2, 0.25) is 5.91 Å². The number of quaternary nitrogens is 1. The largest absolute Gasteiger partial charge is 0.756 e. The van der Waals surface area contributed by atoms with Gasteiger partial charge in [0.1, 0.15) is 19.3 Å². The molecular weight excluding hydrogens is 1100 g/mol. The molecule has 0 aromatic rings. The van der Waals surface area contributed by atoms with Crippen molar-refractivity contribution in [3.05, 3.63) is 122 Å². The van der Waals surface area contributed by atoms with Gasteiger partial charge in [0.15, 0.2) is 0 Å². The highest BCUT2D eigenvalue weighted by molar-refractivity contribution is 7.45. The number of carbonyl (C=O) groups excluding carboxylic acids is 2. The second kappa shape index (κ2) is 65.4. The number of hydrogen-bond acceptors (Lipinski definition) is 7. The highest BCUT2D eigenvalue weighted by Crippen LogP contribution is 2.38. The number of likely N-dealkylation sites (N-methyl/N-ethyl adjacent to an activating group) is 1. The molecule has 3 atom stereocenters. The van der Waals surface area contributed by atoms with Crippen molar-refractivity contribution in [2.45, 2.75) is 315 Å². The number of ether oxygens (including phenoxy) is 1. The molecule has 0 fully saturated rings. The SMILES string of the molecule is CC/C=C\C/C=C\C/C=C\C/C=C\C/C=C\C/C=C\CCCCCCC(=O)NC(COP(=O)([O-])OCC[N+](C)(C)C)C(/C=C/CCCCCCCCCCC)OC(=O)CCCCCCCCCCCCCCCC/C=C\C/C=C\C/C=C\CCCCC. The molecule has 9 nitrogen and oxygen atoms in total. The van der Waals surface area contributed by atoms with Crippen molar-refractivity contribution in [3.8, 4) is 0 Å². The van der Waals surface area contributed by atoms with Crippen LogP contribution in [0, 0.1) is 0 Å². The van der Waals surface area contributed by atoms with Crippen molar-refractivity contribution >= 4 is 19.7 Å². The third kappa shape index (κ3) is 66.7. The molecule has 0 bridgehead atoms. The van der Waals surface area contributed by atoms with Crippen LogP contribution in [0.1, 0.15) is 303 Å². The van der Waals surface area contributed by atoms with Crippen molar-refractivity contribution in [3.63, 3.8) is 0 Å². The molecule has 0 heterocycles. The summed E-state index contributed by atoms with van der Waals surface area (Å²) in [5.41, 5.74) is 0. The first-order chi connectivity index (χ1) is 42.4. The third-order valence-electron chi connectivity index (χ3n) is 15.4. The predicted octanol–water partition coefficient (Wildman–Crippen LogP) is 22.4. The summed E-state index contributed by atoms with van der Waals surface area (Å²) in [5, 5.41) is 3.02. The maximum atomic E-state index is 13.6. The first kappa shape index (κ1) is 83.4. The van der Waals surface area contributed by atoms with E-state index in [-0.39, 0.29) is 31.3 Å². The highest BCUT2D eigenvalue weighted by Gasteiger charge is 2.27. The van der Waals surface area contributed by atoms with Crippen LogP contribution in [0.25, 0.3) is 0 Å². The Labute approximate surface area is 537 Å². The molecule has 0 aliphatic rings. The minimum absolute atomic E-state index is 0.0332. The van der Waals surface area contributed by atoms with Crippen LogP contribution in [-0.2, 0) is 27.9 Å². The molecule has 87 heavy (non-hydrogen) atoms. The second-order valence-electron chi connectivity index (χ2n) is 25.0. The predicted molar refractivity (Wildman–Crippen MR) is 376 cm³/mol. The van der Waals surface area contributed by atoms with Gasteiger partial charge in [-0.25, -0.2) is 0 Å². The Hall–Kier alpha value is -3.59. The lowest BCUT2D eigenvalue weighted by Gasteiger charge is -2.30. The average Bonchev–Trinajstić information content (AvgIpc) is 3.70. The zero-order valence-electron chi connectivity index (χ0n) is 57.2. The molecule has 0 spiro atoms. The monoisotopic (exact) mass is 1230 g/mol. The van der Waals surface area contributed by atoms with E-state index in [0.29, 0.717) is 17.4 Å². The molecule has 0 aliphatic carbocycles. The van der Waals surface area contributed by atoms with Crippen LogP contribution in [0.3, 0.4) is 0 Å². The number of phosphoric ester groups is 1.